The number of aromatic nitrogens is 2. The fraction of sp³-hybridized carbons (Fsp3) is 0.412. The Hall–Kier alpha value is -2.30. The minimum Gasteiger partial charge on any atom is -0.496 e. The Bertz CT molecular complexity index is 713. The van der Waals surface area contributed by atoms with Crippen molar-refractivity contribution in [1.29, 1.82) is 0 Å². The number of fused-ring (bicyclic) bond motifs is 1. The number of amides is 1. The maximum absolute atomic E-state index is 12.2. The number of nitrogens with one attached hydrogen (secondary N) is 1. The number of nitrogens with zero attached hydrogens (tertiary/aromatic N) is 2. The predicted octanol–water partition coefficient (Wildman–Crippen LogP) is 3.12. The first-order chi connectivity index (χ1) is 10.4. The molecule has 5 nitrogen and oxygen atoms in total. The Morgan fingerprint density at radius 2 is 2.00 bits per heavy atom. The first kappa shape index (κ1) is 14.6. The zero-order valence-corrected chi connectivity index (χ0v) is 13.4. The molecule has 0 radical (unpaired) electrons. The lowest BCUT2D eigenvalue weighted by Gasteiger charge is -2.28. The third kappa shape index (κ3) is 2.36. The molecule has 1 atom stereocenters. The first-order valence-corrected chi connectivity index (χ1v) is 7.43. The van der Waals surface area contributed by atoms with Gasteiger partial charge in [0.1, 0.15) is 11.6 Å². The van der Waals surface area contributed by atoms with Crippen molar-refractivity contribution in [3.63, 3.8) is 0 Å². The Kier molecular flexibility index (Phi) is 3.43. The van der Waals surface area contributed by atoms with Crippen LogP contribution >= 0.6 is 0 Å². The number of anilines is 1. The van der Waals surface area contributed by atoms with Crippen LogP contribution < -0.4 is 10.1 Å². The molecule has 0 spiro atoms. The van der Waals surface area contributed by atoms with E-state index in [0.717, 1.165) is 22.7 Å². The average molecular weight is 299 g/mol. The fourth-order valence-corrected chi connectivity index (χ4v) is 2.96. The van der Waals surface area contributed by atoms with Gasteiger partial charge in [0.15, 0.2) is 0 Å². The lowest BCUT2D eigenvalue weighted by Crippen LogP contribution is -2.30. The van der Waals surface area contributed by atoms with Crippen LogP contribution in [0.2, 0.25) is 0 Å². The van der Waals surface area contributed by atoms with Crippen LogP contribution in [-0.2, 0) is 10.3 Å². The van der Waals surface area contributed by atoms with Crippen molar-refractivity contribution in [2.75, 3.05) is 12.4 Å². The normalized spacial score (nSPS) is 17.8. The van der Waals surface area contributed by atoms with Crippen molar-refractivity contribution >= 4 is 11.7 Å². The van der Waals surface area contributed by atoms with Crippen LogP contribution in [0.3, 0.4) is 0 Å². The van der Waals surface area contributed by atoms with Crippen molar-refractivity contribution in [3.05, 3.63) is 41.6 Å². The van der Waals surface area contributed by atoms with E-state index in [4.69, 9.17) is 4.74 Å². The fourth-order valence-electron chi connectivity index (χ4n) is 2.96. The van der Waals surface area contributed by atoms with Gasteiger partial charge in [-0.15, -0.1) is 0 Å². The molecule has 0 saturated heterocycles. The molecule has 0 bridgehead atoms. The van der Waals surface area contributed by atoms with Gasteiger partial charge in [-0.25, -0.2) is 4.68 Å². The van der Waals surface area contributed by atoms with Gasteiger partial charge in [0, 0.05) is 23.5 Å². The Morgan fingerprint density at radius 1 is 1.27 bits per heavy atom. The van der Waals surface area contributed by atoms with Gasteiger partial charge >= 0.3 is 0 Å². The van der Waals surface area contributed by atoms with E-state index in [2.05, 4.69) is 31.2 Å². The summed E-state index contributed by atoms with van der Waals surface area (Å²) in [6.07, 6.45) is 2.26. The zero-order chi connectivity index (χ0) is 15.9. The number of rotatable bonds is 2. The van der Waals surface area contributed by atoms with Gasteiger partial charge in [0.05, 0.1) is 18.8 Å². The number of hydrogen-bond donors (Lipinski definition) is 1. The van der Waals surface area contributed by atoms with Crippen molar-refractivity contribution in [2.45, 2.75) is 38.6 Å². The van der Waals surface area contributed by atoms with Gasteiger partial charge < -0.3 is 10.1 Å². The summed E-state index contributed by atoms with van der Waals surface area (Å²) in [4.78, 5) is 12.2. The van der Waals surface area contributed by atoms with E-state index in [9.17, 15) is 4.79 Å². The number of ether oxygens (including phenoxy) is 1. The monoisotopic (exact) mass is 299 g/mol. The number of methoxy groups -OCH3 is 1. The molecule has 1 N–H and O–H groups in total. The summed E-state index contributed by atoms with van der Waals surface area (Å²) in [5, 5.41) is 7.47. The number of carbonyl (C=O) groups excluding carboxylic acids is 1. The van der Waals surface area contributed by atoms with Crippen LogP contribution in [0.1, 0.15) is 44.2 Å². The topological polar surface area (TPSA) is 56.1 Å². The second-order valence-electron chi connectivity index (χ2n) is 6.58. The van der Waals surface area contributed by atoms with Crippen LogP contribution in [0.15, 0.2) is 30.5 Å². The Balaban J connectivity index is 2.13. The van der Waals surface area contributed by atoms with Gasteiger partial charge in [0.25, 0.3) is 0 Å². The molecule has 116 valence electrons. The van der Waals surface area contributed by atoms with Crippen molar-refractivity contribution in [2.24, 2.45) is 0 Å². The number of benzene rings is 1. The molecule has 22 heavy (non-hydrogen) atoms. The van der Waals surface area contributed by atoms with E-state index >= 15 is 0 Å². The molecule has 1 aromatic carbocycles. The predicted molar refractivity (Wildman–Crippen MR) is 85.3 cm³/mol. The summed E-state index contributed by atoms with van der Waals surface area (Å²) >= 11 is 0. The van der Waals surface area contributed by atoms with Crippen LogP contribution in [0, 0.1) is 0 Å². The summed E-state index contributed by atoms with van der Waals surface area (Å²) in [7, 11) is 1.65. The van der Waals surface area contributed by atoms with Crippen LogP contribution in [-0.4, -0.2) is 22.8 Å². The second-order valence-corrected chi connectivity index (χ2v) is 6.58. The summed E-state index contributed by atoms with van der Waals surface area (Å²) in [5.74, 6) is 1.57. The minimum absolute atomic E-state index is 0.00871. The summed E-state index contributed by atoms with van der Waals surface area (Å²) < 4.78 is 7.34. The number of para-hydroxylation sites is 1. The summed E-state index contributed by atoms with van der Waals surface area (Å²) in [6, 6.07) is 7.85. The highest BCUT2D eigenvalue weighted by atomic mass is 16.5. The molecule has 3 rings (SSSR count). The van der Waals surface area contributed by atoms with E-state index in [1.807, 2.05) is 35.1 Å². The van der Waals surface area contributed by atoms with E-state index in [1.165, 1.54) is 0 Å². The standard InChI is InChI=1S/C17H21N3O2/c1-17(2,3)20-16-13(10-18-20)12(9-15(21)19-16)11-7-5-6-8-14(11)22-4/h5-8,10,12H,9H2,1-4H3,(H,19,21). The summed E-state index contributed by atoms with van der Waals surface area (Å²) in [6.45, 7) is 6.21. The van der Waals surface area contributed by atoms with Gasteiger partial charge in [0.2, 0.25) is 5.91 Å². The molecule has 1 unspecified atom stereocenters. The smallest absolute Gasteiger partial charge is 0.226 e. The third-order valence-electron chi connectivity index (χ3n) is 3.97. The van der Waals surface area contributed by atoms with Gasteiger partial charge in [-0.1, -0.05) is 18.2 Å². The largest absolute Gasteiger partial charge is 0.496 e. The third-order valence-corrected chi connectivity index (χ3v) is 3.97. The summed E-state index contributed by atoms with van der Waals surface area (Å²) in [5.41, 5.74) is 1.87. The maximum atomic E-state index is 12.2. The molecular weight excluding hydrogens is 278 g/mol. The molecular formula is C17H21N3O2. The van der Waals surface area contributed by atoms with Crippen LogP contribution in [0.5, 0.6) is 5.75 Å². The molecule has 2 heterocycles. The highest BCUT2D eigenvalue weighted by Crippen LogP contribution is 2.41. The Labute approximate surface area is 130 Å². The van der Waals surface area contributed by atoms with Crippen molar-refractivity contribution in [3.8, 4) is 5.75 Å². The van der Waals surface area contributed by atoms with Crippen molar-refractivity contribution in [1.82, 2.24) is 9.78 Å². The Morgan fingerprint density at radius 3 is 2.68 bits per heavy atom. The maximum Gasteiger partial charge on any atom is 0.226 e. The van der Waals surface area contributed by atoms with E-state index < -0.39 is 0 Å². The number of hydrogen-bond acceptors (Lipinski definition) is 3. The molecule has 1 aliphatic rings. The molecule has 1 amide bonds. The van der Waals surface area contributed by atoms with E-state index in [0.29, 0.717) is 6.42 Å². The SMILES string of the molecule is COc1ccccc1C1CC(=O)Nc2c1cnn2C(C)(C)C. The highest BCUT2D eigenvalue weighted by molar-refractivity contribution is 5.94. The van der Waals surface area contributed by atoms with Gasteiger partial charge in [-0.3, -0.25) is 4.79 Å². The molecule has 5 heteroatoms. The second kappa shape index (κ2) is 5.16. The number of carbonyl (C=O) groups is 1. The molecule has 0 aliphatic carbocycles. The first-order valence-electron chi connectivity index (χ1n) is 7.43. The molecule has 2 aromatic rings. The van der Waals surface area contributed by atoms with Crippen molar-refractivity contribution < 1.29 is 9.53 Å². The van der Waals surface area contributed by atoms with Crippen LogP contribution in [0.25, 0.3) is 0 Å². The lowest BCUT2D eigenvalue weighted by atomic mass is 9.86. The quantitative estimate of drug-likeness (QED) is 0.927. The zero-order valence-electron chi connectivity index (χ0n) is 13.4. The van der Waals surface area contributed by atoms with Gasteiger partial charge in [-0.2, -0.15) is 5.10 Å². The minimum atomic E-state index is -0.191. The molecule has 1 aromatic heterocycles. The average Bonchev–Trinajstić information content (AvgIpc) is 2.90. The lowest BCUT2D eigenvalue weighted by molar-refractivity contribution is -0.116. The molecule has 0 fully saturated rings. The highest BCUT2D eigenvalue weighted by Gasteiger charge is 2.33. The molecule has 1 aliphatic heterocycles. The van der Waals surface area contributed by atoms with E-state index in [-0.39, 0.29) is 17.4 Å². The van der Waals surface area contributed by atoms with Gasteiger partial charge in [-0.05, 0) is 26.8 Å². The molecule has 0 saturated carbocycles. The van der Waals surface area contributed by atoms with E-state index in [1.54, 1.807) is 7.11 Å². The van der Waals surface area contributed by atoms with Crippen LogP contribution in [0.4, 0.5) is 5.82 Å².